The third kappa shape index (κ3) is 4.69. The van der Waals surface area contributed by atoms with Crippen LogP contribution in [0.4, 0.5) is 20.2 Å². The van der Waals surface area contributed by atoms with Crippen LogP contribution in [0.3, 0.4) is 0 Å². The number of hydrogen-bond acceptors (Lipinski definition) is 7. The lowest BCUT2D eigenvalue weighted by Gasteiger charge is -2.13. The van der Waals surface area contributed by atoms with Gasteiger partial charge in [-0.1, -0.05) is 0 Å². The zero-order valence-electron chi connectivity index (χ0n) is 16.1. The van der Waals surface area contributed by atoms with Crippen molar-refractivity contribution in [2.24, 2.45) is 5.41 Å². The zero-order valence-corrected chi connectivity index (χ0v) is 17.0. The number of rotatable bonds is 8. The first-order chi connectivity index (χ1) is 14.9. The minimum atomic E-state index is -0.889. The predicted octanol–water partition coefficient (Wildman–Crippen LogP) is 4.39. The average Bonchev–Trinajstić information content (AvgIpc) is 3.54. The lowest BCUT2D eigenvalue weighted by atomic mass is 10.1. The third-order valence-corrected chi connectivity index (χ3v) is 5.36. The molecule has 10 heteroatoms. The van der Waals surface area contributed by atoms with Crippen LogP contribution in [0.25, 0.3) is 11.1 Å². The highest BCUT2D eigenvalue weighted by Gasteiger charge is 2.51. The molecule has 160 valence electrons. The highest BCUT2D eigenvalue weighted by molar-refractivity contribution is 7.80. The molecule has 1 saturated carbocycles. The number of aliphatic carboxylic acids is 1. The van der Waals surface area contributed by atoms with Crippen molar-refractivity contribution in [3.8, 4) is 17.1 Å². The van der Waals surface area contributed by atoms with Gasteiger partial charge in [0, 0.05) is 28.4 Å². The Morgan fingerprint density at radius 1 is 1.13 bits per heavy atom. The van der Waals surface area contributed by atoms with E-state index in [0.717, 1.165) is 0 Å². The number of hydrogen-bond donors (Lipinski definition) is 4. The van der Waals surface area contributed by atoms with Gasteiger partial charge in [0.05, 0.1) is 11.4 Å². The fourth-order valence-electron chi connectivity index (χ4n) is 2.88. The summed E-state index contributed by atoms with van der Waals surface area (Å²) in [6.45, 7) is 0.00542. The Morgan fingerprint density at radius 3 is 2.48 bits per heavy atom. The molecule has 4 rings (SSSR count). The largest absolute Gasteiger partial charge is 0.481 e. The highest BCUT2D eigenvalue weighted by atomic mass is 32.1. The molecule has 7 nitrogen and oxygen atoms in total. The van der Waals surface area contributed by atoms with Gasteiger partial charge < -0.3 is 15.3 Å². The molecule has 0 unspecified atom stereocenters. The molecule has 0 radical (unpaired) electrons. The van der Waals surface area contributed by atoms with Gasteiger partial charge in [-0.25, -0.2) is 18.7 Å². The Kier molecular flexibility index (Phi) is 5.64. The number of anilines is 2. The molecule has 1 aliphatic carbocycles. The Bertz CT molecular complexity index is 1120. The number of carboxylic acid groups (broad SMARTS) is 1. The molecular weight excluding hydrogens is 426 g/mol. The van der Waals surface area contributed by atoms with Crippen molar-refractivity contribution in [2.45, 2.75) is 17.7 Å². The fraction of sp³-hybridized carbons (Fsp3) is 0.190. The minimum absolute atomic E-state index is 0.00542. The normalized spacial score (nSPS) is 14.0. The van der Waals surface area contributed by atoms with Crippen molar-refractivity contribution in [1.29, 1.82) is 0 Å². The summed E-state index contributed by atoms with van der Waals surface area (Å²) < 4.78 is 33.1. The molecular formula is C21H18F2N4O3S. The van der Waals surface area contributed by atoms with E-state index in [4.69, 9.17) is 9.84 Å². The molecule has 31 heavy (non-hydrogen) atoms. The lowest BCUT2D eigenvalue weighted by Crippen LogP contribution is -2.23. The number of benzene rings is 2. The summed E-state index contributed by atoms with van der Waals surface area (Å²) in [4.78, 5) is 19.7. The molecule has 0 bridgehead atoms. The van der Waals surface area contributed by atoms with E-state index in [1.54, 1.807) is 12.1 Å². The van der Waals surface area contributed by atoms with Gasteiger partial charge in [-0.2, -0.15) is 0 Å². The number of thiol groups is 1. The number of carboxylic acids is 1. The standard InChI is InChI=1S/C21H18F2N4O3S/c22-13-1-4-17(18(31)7-13)27-26-14-2-3-15(16(23)8-14)12-9-24-20(25-10-12)30-11-21(5-6-21)19(28)29/h1-4,7-10,26-27,31H,5-6,11H2,(H,28,29). The number of nitrogens with one attached hydrogen (secondary N) is 2. The van der Waals surface area contributed by atoms with Gasteiger partial charge in [-0.05, 0) is 49.2 Å². The smallest absolute Gasteiger partial charge is 0.316 e. The number of carbonyl (C=O) groups is 1. The van der Waals surface area contributed by atoms with Crippen LogP contribution in [-0.2, 0) is 4.79 Å². The number of ether oxygens (including phenoxy) is 1. The fourth-order valence-corrected chi connectivity index (χ4v) is 3.13. The average molecular weight is 444 g/mol. The monoisotopic (exact) mass is 444 g/mol. The van der Waals surface area contributed by atoms with Gasteiger partial charge in [-0.3, -0.25) is 10.2 Å². The van der Waals surface area contributed by atoms with E-state index >= 15 is 0 Å². The second-order valence-electron chi connectivity index (χ2n) is 7.23. The summed E-state index contributed by atoms with van der Waals surface area (Å²) in [5.74, 6) is -1.80. The third-order valence-electron chi connectivity index (χ3n) is 4.99. The Balaban J connectivity index is 1.40. The molecule has 1 fully saturated rings. The van der Waals surface area contributed by atoms with Crippen molar-refractivity contribution in [1.82, 2.24) is 9.97 Å². The van der Waals surface area contributed by atoms with Crippen LogP contribution in [0.15, 0.2) is 53.7 Å². The molecule has 2 aromatic carbocycles. The summed E-state index contributed by atoms with van der Waals surface area (Å²) in [6, 6.07) is 8.61. The number of nitrogens with zero attached hydrogens (tertiary/aromatic N) is 2. The topological polar surface area (TPSA) is 96.4 Å². The van der Waals surface area contributed by atoms with Crippen molar-refractivity contribution in [2.75, 3.05) is 17.5 Å². The molecule has 3 N–H and O–H groups in total. The van der Waals surface area contributed by atoms with Gasteiger partial charge in [0.15, 0.2) is 0 Å². The molecule has 0 saturated heterocycles. The minimum Gasteiger partial charge on any atom is -0.481 e. The Morgan fingerprint density at radius 2 is 1.87 bits per heavy atom. The van der Waals surface area contributed by atoms with E-state index in [0.29, 0.717) is 34.7 Å². The lowest BCUT2D eigenvalue weighted by molar-refractivity contribution is -0.144. The molecule has 1 aliphatic rings. The summed E-state index contributed by atoms with van der Waals surface area (Å²) in [6.07, 6.45) is 3.96. The van der Waals surface area contributed by atoms with E-state index in [-0.39, 0.29) is 18.2 Å². The van der Waals surface area contributed by atoms with Crippen molar-refractivity contribution in [3.05, 3.63) is 60.4 Å². The van der Waals surface area contributed by atoms with E-state index < -0.39 is 23.0 Å². The molecule has 3 aromatic rings. The van der Waals surface area contributed by atoms with E-state index in [1.165, 1.54) is 36.7 Å². The van der Waals surface area contributed by atoms with Gasteiger partial charge in [0.2, 0.25) is 0 Å². The number of halogens is 2. The summed E-state index contributed by atoms with van der Waals surface area (Å²) in [5.41, 5.74) is 6.56. The SMILES string of the molecule is O=C(O)C1(COc2ncc(-c3ccc(NNc4ccc(F)cc4S)cc3F)cn2)CC1. The second kappa shape index (κ2) is 8.38. The predicted molar refractivity (Wildman–Crippen MR) is 113 cm³/mol. The maximum absolute atomic E-state index is 14.6. The van der Waals surface area contributed by atoms with E-state index in [2.05, 4.69) is 33.4 Å². The molecule has 0 atom stereocenters. The first kappa shape index (κ1) is 20.9. The maximum atomic E-state index is 14.6. The molecule has 0 aliphatic heterocycles. The van der Waals surface area contributed by atoms with Crippen LogP contribution in [0.1, 0.15) is 12.8 Å². The summed E-state index contributed by atoms with van der Waals surface area (Å²) in [5, 5.41) is 9.16. The molecule has 0 spiro atoms. The highest BCUT2D eigenvalue weighted by Crippen LogP contribution is 2.45. The van der Waals surface area contributed by atoms with Crippen molar-refractivity contribution in [3.63, 3.8) is 0 Å². The van der Waals surface area contributed by atoms with E-state index in [9.17, 15) is 13.6 Å². The molecule has 1 aromatic heterocycles. The Hall–Kier alpha value is -3.40. The Labute approximate surface area is 181 Å². The van der Waals surface area contributed by atoms with Crippen LogP contribution >= 0.6 is 12.6 Å². The van der Waals surface area contributed by atoms with Crippen LogP contribution < -0.4 is 15.6 Å². The van der Waals surface area contributed by atoms with Crippen molar-refractivity contribution >= 4 is 30.0 Å². The quantitative estimate of drug-likeness (QED) is 0.302. The number of aromatic nitrogens is 2. The number of hydrazine groups is 1. The van der Waals surface area contributed by atoms with Crippen molar-refractivity contribution < 1.29 is 23.4 Å². The van der Waals surface area contributed by atoms with Gasteiger partial charge in [-0.15, -0.1) is 12.6 Å². The molecule has 1 heterocycles. The van der Waals surface area contributed by atoms with Gasteiger partial charge in [0.1, 0.15) is 23.7 Å². The van der Waals surface area contributed by atoms with Gasteiger partial charge in [0.25, 0.3) is 0 Å². The van der Waals surface area contributed by atoms with Gasteiger partial charge >= 0.3 is 12.0 Å². The van der Waals surface area contributed by atoms with Crippen LogP contribution in [0.5, 0.6) is 6.01 Å². The summed E-state index contributed by atoms with van der Waals surface area (Å²) >= 11 is 4.18. The van der Waals surface area contributed by atoms with Crippen LogP contribution in [0.2, 0.25) is 0 Å². The zero-order chi connectivity index (χ0) is 22.0. The van der Waals surface area contributed by atoms with Crippen LogP contribution in [0, 0.1) is 17.0 Å². The maximum Gasteiger partial charge on any atom is 0.316 e. The first-order valence-corrected chi connectivity index (χ1v) is 9.80. The first-order valence-electron chi connectivity index (χ1n) is 9.35. The second-order valence-corrected chi connectivity index (χ2v) is 7.72. The summed E-state index contributed by atoms with van der Waals surface area (Å²) in [7, 11) is 0. The molecule has 0 amide bonds. The van der Waals surface area contributed by atoms with Crippen LogP contribution in [-0.4, -0.2) is 27.7 Å². The van der Waals surface area contributed by atoms with E-state index in [1.807, 2.05) is 0 Å².